The van der Waals surface area contributed by atoms with Crippen LogP contribution in [-0.4, -0.2) is 43.6 Å². The maximum absolute atomic E-state index is 12.4. The maximum atomic E-state index is 12.4. The van der Waals surface area contributed by atoms with E-state index in [0.29, 0.717) is 13.1 Å². The Hall–Kier alpha value is -0.950. The summed E-state index contributed by atoms with van der Waals surface area (Å²) in [6.45, 7) is 0.836. The molecule has 0 amide bonds. The van der Waals surface area contributed by atoms with Crippen LogP contribution in [0.2, 0.25) is 0 Å². The van der Waals surface area contributed by atoms with Gasteiger partial charge in [-0.1, -0.05) is 30.7 Å². The lowest BCUT2D eigenvalue weighted by Gasteiger charge is -2.35. The fourth-order valence-electron chi connectivity index (χ4n) is 3.31. The molecule has 2 aliphatic rings. The Morgan fingerprint density at radius 3 is 2.86 bits per heavy atom. The van der Waals surface area contributed by atoms with Crippen LogP contribution in [0.25, 0.3) is 0 Å². The first-order chi connectivity index (χ1) is 10.1. The molecule has 21 heavy (non-hydrogen) atoms. The highest BCUT2D eigenvalue weighted by molar-refractivity contribution is 7.87. The number of rotatable bonds is 5. The number of aliphatic hydroxyl groups is 1. The second-order valence-electron chi connectivity index (χ2n) is 5.90. The zero-order valence-corrected chi connectivity index (χ0v) is 12.8. The SMILES string of the molecule is O=S(=O)(NCC1Cc2ccccc21)N1CCCCC1CO. The minimum atomic E-state index is -3.50. The van der Waals surface area contributed by atoms with Gasteiger partial charge in [0.1, 0.15) is 0 Å². The second kappa shape index (κ2) is 6.04. The van der Waals surface area contributed by atoms with E-state index in [2.05, 4.69) is 16.9 Å². The van der Waals surface area contributed by atoms with Gasteiger partial charge in [0.25, 0.3) is 10.2 Å². The summed E-state index contributed by atoms with van der Waals surface area (Å²) in [6, 6.07) is 7.89. The Balaban J connectivity index is 1.62. The van der Waals surface area contributed by atoms with Crippen molar-refractivity contribution >= 4 is 10.2 Å². The summed E-state index contributed by atoms with van der Waals surface area (Å²) in [6.07, 6.45) is 3.52. The molecular weight excluding hydrogens is 288 g/mol. The van der Waals surface area contributed by atoms with E-state index in [9.17, 15) is 13.5 Å². The monoisotopic (exact) mass is 310 g/mol. The van der Waals surface area contributed by atoms with Gasteiger partial charge in [-0.25, -0.2) is 4.72 Å². The van der Waals surface area contributed by atoms with Gasteiger partial charge >= 0.3 is 0 Å². The van der Waals surface area contributed by atoms with Gasteiger partial charge in [-0.2, -0.15) is 12.7 Å². The standard InChI is InChI=1S/C15H22N2O3S/c18-11-14-6-3-4-8-17(14)21(19,20)16-10-13-9-12-5-1-2-7-15(12)13/h1-2,5,7,13-14,16,18H,3-4,6,8-11H2. The molecular formula is C15H22N2O3S. The van der Waals surface area contributed by atoms with E-state index in [0.717, 1.165) is 25.7 Å². The van der Waals surface area contributed by atoms with Gasteiger partial charge in [0.15, 0.2) is 0 Å². The van der Waals surface area contributed by atoms with Crippen molar-refractivity contribution in [3.05, 3.63) is 35.4 Å². The minimum absolute atomic E-state index is 0.104. The van der Waals surface area contributed by atoms with Gasteiger partial charge in [-0.15, -0.1) is 0 Å². The molecule has 1 aliphatic heterocycles. The van der Waals surface area contributed by atoms with E-state index in [-0.39, 0.29) is 18.6 Å². The molecule has 2 unspecified atom stereocenters. The summed E-state index contributed by atoms with van der Waals surface area (Å²) < 4.78 is 29.0. The molecule has 0 aromatic heterocycles. The van der Waals surface area contributed by atoms with E-state index >= 15 is 0 Å². The van der Waals surface area contributed by atoms with Crippen molar-refractivity contribution in [2.75, 3.05) is 19.7 Å². The highest BCUT2D eigenvalue weighted by atomic mass is 32.2. The van der Waals surface area contributed by atoms with E-state index in [1.807, 2.05) is 12.1 Å². The van der Waals surface area contributed by atoms with Crippen LogP contribution < -0.4 is 4.72 Å². The summed E-state index contributed by atoms with van der Waals surface area (Å²) in [7, 11) is -3.50. The summed E-state index contributed by atoms with van der Waals surface area (Å²) >= 11 is 0. The first kappa shape index (κ1) is 15.0. The molecule has 0 radical (unpaired) electrons. The number of hydrogen-bond donors (Lipinski definition) is 2. The van der Waals surface area contributed by atoms with Gasteiger partial charge < -0.3 is 5.11 Å². The molecule has 0 bridgehead atoms. The van der Waals surface area contributed by atoms with Crippen molar-refractivity contribution in [3.63, 3.8) is 0 Å². The second-order valence-corrected chi connectivity index (χ2v) is 7.60. The maximum Gasteiger partial charge on any atom is 0.279 e. The smallest absolute Gasteiger partial charge is 0.279 e. The first-order valence-electron chi connectivity index (χ1n) is 7.57. The summed E-state index contributed by atoms with van der Waals surface area (Å²) in [5.41, 5.74) is 2.56. The number of benzene rings is 1. The van der Waals surface area contributed by atoms with Crippen LogP contribution >= 0.6 is 0 Å². The zero-order chi connectivity index (χ0) is 14.9. The largest absolute Gasteiger partial charge is 0.395 e. The first-order valence-corrected chi connectivity index (χ1v) is 9.01. The van der Waals surface area contributed by atoms with Crippen molar-refractivity contribution in [1.82, 2.24) is 9.03 Å². The average Bonchev–Trinajstić information content (AvgIpc) is 2.48. The lowest BCUT2D eigenvalue weighted by molar-refractivity contribution is 0.154. The van der Waals surface area contributed by atoms with Crippen molar-refractivity contribution in [2.45, 2.75) is 37.6 Å². The Morgan fingerprint density at radius 2 is 2.10 bits per heavy atom. The molecule has 0 spiro atoms. The van der Waals surface area contributed by atoms with Gasteiger partial charge in [0, 0.05) is 25.0 Å². The van der Waals surface area contributed by atoms with Crippen molar-refractivity contribution in [2.24, 2.45) is 0 Å². The van der Waals surface area contributed by atoms with Gasteiger partial charge in [-0.3, -0.25) is 0 Å². The molecule has 0 saturated carbocycles. The van der Waals surface area contributed by atoms with Crippen LogP contribution in [-0.2, 0) is 16.6 Å². The molecule has 2 atom stereocenters. The molecule has 1 aliphatic carbocycles. The number of nitrogens with one attached hydrogen (secondary N) is 1. The highest BCUT2D eigenvalue weighted by Crippen LogP contribution is 2.34. The predicted molar refractivity (Wildman–Crippen MR) is 81.2 cm³/mol. The highest BCUT2D eigenvalue weighted by Gasteiger charge is 2.33. The molecule has 1 heterocycles. The predicted octanol–water partition coefficient (Wildman–Crippen LogP) is 1.01. The molecule has 6 heteroatoms. The topological polar surface area (TPSA) is 69.6 Å². The van der Waals surface area contributed by atoms with Crippen molar-refractivity contribution in [1.29, 1.82) is 0 Å². The number of piperidine rings is 1. The van der Waals surface area contributed by atoms with Crippen LogP contribution in [0.5, 0.6) is 0 Å². The summed E-state index contributed by atoms with van der Waals surface area (Å²) in [4.78, 5) is 0. The van der Waals surface area contributed by atoms with Crippen LogP contribution in [0.4, 0.5) is 0 Å². The van der Waals surface area contributed by atoms with Crippen LogP contribution in [0.1, 0.15) is 36.3 Å². The number of fused-ring (bicyclic) bond motifs is 1. The fourth-order valence-corrected chi connectivity index (χ4v) is 4.82. The lowest BCUT2D eigenvalue weighted by Crippen LogP contribution is -2.51. The normalized spacial score (nSPS) is 26.1. The molecule has 1 aromatic carbocycles. The van der Waals surface area contributed by atoms with Crippen LogP contribution in [0.3, 0.4) is 0 Å². The summed E-state index contributed by atoms with van der Waals surface area (Å²) in [5, 5.41) is 9.36. The molecule has 5 nitrogen and oxygen atoms in total. The third-order valence-corrected chi connectivity index (χ3v) is 6.20. The van der Waals surface area contributed by atoms with E-state index in [1.165, 1.54) is 15.4 Å². The molecule has 1 aromatic rings. The van der Waals surface area contributed by atoms with Crippen LogP contribution in [0, 0.1) is 0 Å². The minimum Gasteiger partial charge on any atom is -0.395 e. The third kappa shape index (κ3) is 2.99. The van der Waals surface area contributed by atoms with E-state index < -0.39 is 10.2 Å². The fraction of sp³-hybridized carbons (Fsp3) is 0.600. The lowest BCUT2D eigenvalue weighted by atomic mass is 9.78. The number of hydrogen-bond acceptors (Lipinski definition) is 3. The van der Waals surface area contributed by atoms with Crippen molar-refractivity contribution < 1.29 is 13.5 Å². The molecule has 1 fully saturated rings. The molecule has 1 saturated heterocycles. The molecule has 116 valence electrons. The Morgan fingerprint density at radius 1 is 1.29 bits per heavy atom. The quantitative estimate of drug-likeness (QED) is 0.853. The zero-order valence-electron chi connectivity index (χ0n) is 12.0. The molecule has 3 rings (SSSR count). The van der Waals surface area contributed by atoms with Crippen LogP contribution in [0.15, 0.2) is 24.3 Å². The van der Waals surface area contributed by atoms with Gasteiger partial charge in [0.2, 0.25) is 0 Å². The molecule has 2 N–H and O–H groups in total. The van der Waals surface area contributed by atoms with Gasteiger partial charge in [0.05, 0.1) is 6.61 Å². The van der Waals surface area contributed by atoms with E-state index in [1.54, 1.807) is 0 Å². The van der Waals surface area contributed by atoms with Gasteiger partial charge in [-0.05, 0) is 30.4 Å². The van der Waals surface area contributed by atoms with E-state index in [4.69, 9.17) is 0 Å². The Kier molecular flexibility index (Phi) is 4.31. The summed E-state index contributed by atoms with van der Waals surface area (Å²) in [5.74, 6) is 0.272. The third-order valence-electron chi connectivity index (χ3n) is 4.57. The Labute approximate surface area is 126 Å². The Bertz CT molecular complexity index is 603. The number of nitrogens with zero attached hydrogens (tertiary/aromatic N) is 1. The average molecular weight is 310 g/mol. The number of aliphatic hydroxyl groups excluding tert-OH is 1. The van der Waals surface area contributed by atoms with Crippen molar-refractivity contribution in [3.8, 4) is 0 Å².